The summed E-state index contributed by atoms with van der Waals surface area (Å²) in [4.78, 5) is 26.1. The molecule has 1 amide bonds. The Morgan fingerprint density at radius 1 is 1.25 bits per heavy atom. The molecule has 1 aromatic carbocycles. The predicted molar refractivity (Wildman–Crippen MR) is 56.1 cm³/mol. The number of benzene rings is 1. The van der Waals surface area contributed by atoms with Crippen LogP contribution in [0.1, 0.15) is 18.9 Å². The molecule has 0 radical (unpaired) electrons. The predicted octanol–water partition coefficient (Wildman–Crippen LogP) is 1.78. The van der Waals surface area contributed by atoms with E-state index in [1.54, 1.807) is 6.92 Å². The van der Waals surface area contributed by atoms with Gasteiger partial charge < -0.3 is 9.57 Å². The van der Waals surface area contributed by atoms with Gasteiger partial charge in [0.15, 0.2) is 0 Å². The van der Waals surface area contributed by atoms with Crippen LogP contribution in [0.4, 0.5) is 4.79 Å². The largest absolute Gasteiger partial charge is 0.443 e. The van der Waals surface area contributed by atoms with Gasteiger partial charge in [0, 0.05) is 6.42 Å². The van der Waals surface area contributed by atoms with Crippen molar-refractivity contribution in [2.24, 2.45) is 0 Å². The monoisotopic (exact) mass is 223 g/mol. The van der Waals surface area contributed by atoms with Gasteiger partial charge in [-0.15, -0.1) is 5.48 Å². The van der Waals surface area contributed by atoms with Crippen LogP contribution in [0, 0.1) is 0 Å². The van der Waals surface area contributed by atoms with Crippen LogP contribution >= 0.6 is 0 Å². The third-order valence-corrected chi connectivity index (χ3v) is 1.75. The highest BCUT2D eigenvalue weighted by atomic mass is 16.7. The molecule has 0 atom stereocenters. The van der Waals surface area contributed by atoms with Crippen molar-refractivity contribution in [2.45, 2.75) is 20.0 Å². The maximum absolute atomic E-state index is 11.0. The lowest BCUT2D eigenvalue weighted by molar-refractivity contribution is -0.149. The number of hydroxylamine groups is 1. The van der Waals surface area contributed by atoms with E-state index in [1.807, 2.05) is 35.8 Å². The number of hydrogen-bond acceptors (Lipinski definition) is 4. The molecular formula is C11H13NO4. The first-order chi connectivity index (χ1) is 7.72. The Labute approximate surface area is 93.3 Å². The number of amides is 1. The zero-order valence-electron chi connectivity index (χ0n) is 8.93. The van der Waals surface area contributed by atoms with Crippen molar-refractivity contribution >= 4 is 12.1 Å². The van der Waals surface area contributed by atoms with E-state index in [-0.39, 0.29) is 13.0 Å². The van der Waals surface area contributed by atoms with Crippen LogP contribution in [-0.2, 0) is 21.0 Å². The average molecular weight is 223 g/mol. The molecular weight excluding hydrogens is 210 g/mol. The summed E-state index contributed by atoms with van der Waals surface area (Å²) in [7, 11) is 0. The van der Waals surface area contributed by atoms with Crippen LogP contribution in [-0.4, -0.2) is 12.1 Å². The minimum Gasteiger partial charge on any atom is -0.443 e. The molecule has 0 aliphatic carbocycles. The van der Waals surface area contributed by atoms with E-state index in [2.05, 4.69) is 4.84 Å². The molecule has 1 aromatic rings. The quantitative estimate of drug-likeness (QED) is 0.793. The molecule has 16 heavy (non-hydrogen) atoms. The molecule has 5 nitrogen and oxygen atoms in total. The van der Waals surface area contributed by atoms with E-state index in [0.717, 1.165) is 5.56 Å². The summed E-state index contributed by atoms with van der Waals surface area (Å²) >= 11 is 0. The fourth-order valence-corrected chi connectivity index (χ4v) is 0.923. The van der Waals surface area contributed by atoms with E-state index in [4.69, 9.17) is 4.74 Å². The molecule has 0 saturated heterocycles. The Balaban J connectivity index is 2.23. The smallest absolute Gasteiger partial charge is 0.441 e. The highest BCUT2D eigenvalue weighted by Gasteiger charge is 2.05. The Hall–Kier alpha value is -2.04. The van der Waals surface area contributed by atoms with Crippen LogP contribution in [0.15, 0.2) is 30.3 Å². The van der Waals surface area contributed by atoms with E-state index < -0.39 is 12.1 Å². The first-order valence-corrected chi connectivity index (χ1v) is 4.88. The van der Waals surface area contributed by atoms with E-state index in [9.17, 15) is 9.59 Å². The summed E-state index contributed by atoms with van der Waals surface area (Å²) in [6, 6.07) is 9.20. The molecule has 0 aliphatic rings. The van der Waals surface area contributed by atoms with E-state index >= 15 is 0 Å². The van der Waals surface area contributed by atoms with Crippen LogP contribution in [0.25, 0.3) is 0 Å². The SMILES string of the molecule is CCC(=O)ONC(=O)OCc1ccccc1. The second-order valence-electron chi connectivity index (χ2n) is 2.99. The molecule has 0 unspecified atom stereocenters. The van der Waals surface area contributed by atoms with Gasteiger partial charge in [0.1, 0.15) is 6.61 Å². The maximum Gasteiger partial charge on any atom is 0.441 e. The lowest BCUT2D eigenvalue weighted by atomic mass is 10.2. The van der Waals surface area contributed by atoms with Gasteiger partial charge in [-0.3, -0.25) is 0 Å². The highest BCUT2D eigenvalue weighted by Crippen LogP contribution is 2.00. The summed E-state index contributed by atoms with van der Waals surface area (Å²) in [6.45, 7) is 1.76. The topological polar surface area (TPSA) is 64.6 Å². The third kappa shape index (κ3) is 4.45. The first-order valence-electron chi connectivity index (χ1n) is 4.88. The number of hydrogen-bond donors (Lipinski definition) is 1. The summed E-state index contributed by atoms with van der Waals surface area (Å²) in [5.74, 6) is -0.517. The van der Waals surface area contributed by atoms with Gasteiger partial charge in [-0.2, -0.15) is 0 Å². The van der Waals surface area contributed by atoms with Gasteiger partial charge in [0.2, 0.25) is 0 Å². The Morgan fingerprint density at radius 2 is 1.94 bits per heavy atom. The van der Waals surface area contributed by atoms with Gasteiger partial charge in [-0.25, -0.2) is 9.59 Å². The molecule has 0 saturated carbocycles. The minimum atomic E-state index is -0.786. The molecule has 0 bridgehead atoms. The van der Waals surface area contributed by atoms with Crippen LogP contribution in [0.2, 0.25) is 0 Å². The van der Waals surface area contributed by atoms with Gasteiger partial charge in [-0.1, -0.05) is 37.3 Å². The summed E-state index contributed by atoms with van der Waals surface area (Å²) in [5.41, 5.74) is 2.75. The van der Waals surface area contributed by atoms with E-state index in [1.165, 1.54) is 0 Å². The fraction of sp³-hybridized carbons (Fsp3) is 0.273. The fourth-order valence-electron chi connectivity index (χ4n) is 0.923. The number of carbonyl (C=O) groups excluding carboxylic acids is 2. The summed E-state index contributed by atoms with van der Waals surface area (Å²) < 4.78 is 4.80. The highest BCUT2D eigenvalue weighted by molar-refractivity contribution is 5.72. The Morgan fingerprint density at radius 3 is 2.56 bits per heavy atom. The second kappa shape index (κ2) is 6.44. The van der Waals surface area contributed by atoms with Crippen molar-refractivity contribution in [1.82, 2.24) is 5.48 Å². The van der Waals surface area contributed by atoms with Crippen molar-refractivity contribution < 1.29 is 19.2 Å². The standard InChI is InChI=1S/C11H13NO4/c1-2-10(13)16-12-11(14)15-8-9-6-4-3-5-7-9/h3-7H,2,8H2,1H3,(H,12,14). The van der Waals surface area contributed by atoms with Crippen LogP contribution < -0.4 is 5.48 Å². The molecule has 1 N–H and O–H groups in total. The van der Waals surface area contributed by atoms with Crippen molar-refractivity contribution in [1.29, 1.82) is 0 Å². The maximum atomic E-state index is 11.0. The molecule has 1 rings (SSSR count). The second-order valence-corrected chi connectivity index (χ2v) is 2.99. The van der Waals surface area contributed by atoms with Crippen molar-refractivity contribution in [3.63, 3.8) is 0 Å². The lowest BCUT2D eigenvalue weighted by Gasteiger charge is -2.06. The molecule has 5 heteroatoms. The van der Waals surface area contributed by atoms with Crippen molar-refractivity contribution in [3.05, 3.63) is 35.9 Å². The molecule has 0 aromatic heterocycles. The molecule has 0 fully saturated rings. The number of ether oxygens (including phenoxy) is 1. The molecule has 86 valence electrons. The molecule has 0 heterocycles. The lowest BCUT2D eigenvalue weighted by Crippen LogP contribution is -2.27. The molecule has 0 spiro atoms. The zero-order valence-corrected chi connectivity index (χ0v) is 8.93. The van der Waals surface area contributed by atoms with Gasteiger partial charge >= 0.3 is 12.1 Å². The van der Waals surface area contributed by atoms with Crippen LogP contribution in [0.3, 0.4) is 0 Å². The number of nitrogens with one attached hydrogen (secondary N) is 1. The normalized spacial score (nSPS) is 9.31. The molecule has 0 aliphatic heterocycles. The average Bonchev–Trinajstić information content (AvgIpc) is 2.34. The summed E-state index contributed by atoms with van der Waals surface area (Å²) in [6.07, 6.45) is -0.593. The first kappa shape index (κ1) is 12.0. The Bertz CT molecular complexity index is 350. The van der Waals surface area contributed by atoms with Gasteiger partial charge in [-0.05, 0) is 5.56 Å². The zero-order chi connectivity index (χ0) is 11.8. The van der Waals surface area contributed by atoms with Gasteiger partial charge in [0.25, 0.3) is 0 Å². The summed E-state index contributed by atoms with van der Waals surface area (Å²) in [5, 5.41) is 0. The van der Waals surface area contributed by atoms with Crippen molar-refractivity contribution in [3.8, 4) is 0 Å². The minimum absolute atomic E-state index is 0.135. The van der Waals surface area contributed by atoms with Gasteiger partial charge in [0.05, 0.1) is 0 Å². The van der Waals surface area contributed by atoms with Crippen molar-refractivity contribution in [2.75, 3.05) is 0 Å². The van der Waals surface area contributed by atoms with E-state index in [0.29, 0.717) is 0 Å². The third-order valence-electron chi connectivity index (χ3n) is 1.75. The Kier molecular flexibility index (Phi) is 4.85. The van der Waals surface area contributed by atoms with Crippen LogP contribution in [0.5, 0.6) is 0 Å². The number of rotatable bonds is 3. The number of carbonyl (C=O) groups is 2.